The van der Waals surface area contributed by atoms with Gasteiger partial charge in [-0.2, -0.15) is 0 Å². The molecule has 0 atom stereocenters. The topological polar surface area (TPSA) is 65.5 Å². The van der Waals surface area contributed by atoms with Gasteiger partial charge in [0.25, 0.3) is 0 Å². The van der Waals surface area contributed by atoms with Crippen LogP contribution in [0.1, 0.15) is 25.8 Å². The number of carbonyl (C=O) groups is 1. The number of aryl methyl sites for hydroxylation is 1. The van der Waals surface area contributed by atoms with Crippen LogP contribution in [0, 0.1) is 11.2 Å². The first-order valence-corrected chi connectivity index (χ1v) is 8.70. The molecule has 0 spiro atoms. The van der Waals surface area contributed by atoms with Gasteiger partial charge in [0.05, 0.1) is 5.41 Å². The second-order valence-corrected chi connectivity index (χ2v) is 7.07. The monoisotopic (exact) mass is 528 g/mol. The van der Waals surface area contributed by atoms with E-state index in [0.717, 1.165) is 10.9 Å². The fraction of sp³-hybridized carbons (Fsp3) is 0.529. The lowest BCUT2D eigenvalue weighted by molar-refractivity contribution is -0.128. The molecule has 0 unspecified atom stereocenters. The largest absolute Gasteiger partial charge is 0.359 e. The molecule has 0 bridgehead atoms. The Morgan fingerprint density at radius 2 is 2.00 bits per heavy atom. The fourth-order valence-electron chi connectivity index (χ4n) is 2.15. The first-order valence-electron chi connectivity index (χ1n) is 7.91. The summed E-state index contributed by atoms with van der Waals surface area (Å²) in [5, 5.41) is 8.96. The molecule has 0 aliphatic rings. The standard InChI is InChI=1S/C17H26BrFN4O.HI/c1-17(2,15(24)20-3)11-23-16(21-4)22-9-5-6-12-7-8-13(18)10-14(12)19;/h7-8,10H,5-6,9,11H2,1-4H3,(H,20,24)(H2,21,22,23);1H. The molecule has 1 aromatic rings. The van der Waals surface area contributed by atoms with Crippen LogP contribution in [-0.4, -0.2) is 39.1 Å². The third kappa shape index (κ3) is 8.35. The Kier molecular flexibility index (Phi) is 11.2. The number of hydrogen-bond acceptors (Lipinski definition) is 2. The maximum Gasteiger partial charge on any atom is 0.227 e. The molecule has 5 nitrogen and oxygen atoms in total. The molecule has 0 saturated heterocycles. The van der Waals surface area contributed by atoms with Gasteiger partial charge >= 0.3 is 0 Å². The highest BCUT2D eigenvalue weighted by molar-refractivity contribution is 14.0. The Morgan fingerprint density at radius 1 is 1.32 bits per heavy atom. The van der Waals surface area contributed by atoms with Gasteiger partial charge in [-0.15, -0.1) is 24.0 Å². The predicted octanol–water partition coefficient (Wildman–Crippen LogP) is 3.08. The molecule has 1 aromatic carbocycles. The minimum Gasteiger partial charge on any atom is -0.359 e. The van der Waals surface area contributed by atoms with E-state index >= 15 is 0 Å². The number of aliphatic imine (C=N–C) groups is 1. The van der Waals surface area contributed by atoms with E-state index in [0.29, 0.717) is 31.0 Å². The number of hydrogen-bond donors (Lipinski definition) is 3. The van der Waals surface area contributed by atoms with Gasteiger partial charge in [0.1, 0.15) is 5.82 Å². The van der Waals surface area contributed by atoms with Crippen molar-refractivity contribution in [1.82, 2.24) is 16.0 Å². The average Bonchev–Trinajstić information content (AvgIpc) is 2.54. The van der Waals surface area contributed by atoms with Crippen LogP contribution in [0.2, 0.25) is 0 Å². The van der Waals surface area contributed by atoms with Gasteiger partial charge in [0.2, 0.25) is 5.91 Å². The highest BCUT2D eigenvalue weighted by Gasteiger charge is 2.26. The van der Waals surface area contributed by atoms with E-state index in [9.17, 15) is 9.18 Å². The number of halogens is 3. The molecule has 3 N–H and O–H groups in total. The summed E-state index contributed by atoms with van der Waals surface area (Å²) in [6.45, 7) is 4.86. The maximum absolute atomic E-state index is 13.7. The van der Waals surface area contributed by atoms with Crippen molar-refractivity contribution in [2.24, 2.45) is 10.4 Å². The minimum absolute atomic E-state index is 0. The summed E-state index contributed by atoms with van der Waals surface area (Å²) in [7, 11) is 3.30. The van der Waals surface area contributed by atoms with E-state index in [-0.39, 0.29) is 35.7 Å². The molecule has 25 heavy (non-hydrogen) atoms. The van der Waals surface area contributed by atoms with E-state index in [4.69, 9.17) is 0 Å². The Morgan fingerprint density at radius 3 is 2.56 bits per heavy atom. The van der Waals surface area contributed by atoms with Gasteiger partial charge in [-0.25, -0.2) is 4.39 Å². The van der Waals surface area contributed by atoms with E-state index in [1.165, 1.54) is 6.07 Å². The summed E-state index contributed by atoms with van der Waals surface area (Å²) in [5.74, 6) is 0.402. The summed E-state index contributed by atoms with van der Waals surface area (Å²) in [4.78, 5) is 15.9. The van der Waals surface area contributed by atoms with Gasteiger partial charge in [-0.1, -0.05) is 22.0 Å². The number of guanidine groups is 1. The molecule has 0 radical (unpaired) electrons. The van der Waals surface area contributed by atoms with Gasteiger partial charge in [0, 0.05) is 31.7 Å². The first kappa shape index (κ1) is 24.1. The summed E-state index contributed by atoms with van der Waals surface area (Å²) in [6.07, 6.45) is 1.42. The number of carbonyl (C=O) groups excluding carboxylic acids is 1. The minimum atomic E-state index is -0.535. The number of benzene rings is 1. The number of nitrogens with one attached hydrogen (secondary N) is 3. The van der Waals surface area contributed by atoms with E-state index in [1.807, 2.05) is 19.9 Å². The van der Waals surface area contributed by atoms with Gasteiger partial charge in [-0.05, 0) is 44.4 Å². The lowest BCUT2D eigenvalue weighted by Gasteiger charge is -2.24. The Bertz CT molecular complexity index is 596. The summed E-state index contributed by atoms with van der Waals surface area (Å²) in [5.41, 5.74) is 0.163. The van der Waals surface area contributed by atoms with Crippen LogP contribution in [0.4, 0.5) is 4.39 Å². The van der Waals surface area contributed by atoms with Crippen molar-refractivity contribution in [3.63, 3.8) is 0 Å². The molecule has 1 rings (SSSR count). The van der Waals surface area contributed by atoms with Gasteiger partial charge < -0.3 is 16.0 Å². The second-order valence-electron chi connectivity index (χ2n) is 6.15. The molecule has 142 valence electrons. The van der Waals surface area contributed by atoms with E-state index in [1.54, 1.807) is 20.2 Å². The van der Waals surface area contributed by atoms with Crippen LogP contribution in [0.15, 0.2) is 27.7 Å². The molecule has 0 aromatic heterocycles. The maximum atomic E-state index is 13.7. The molecule has 0 aliphatic heterocycles. The molecule has 0 aliphatic carbocycles. The molecule has 0 heterocycles. The number of amides is 1. The molecule has 0 saturated carbocycles. The third-order valence-electron chi connectivity index (χ3n) is 3.69. The van der Waals surface area contributed by atoms with Crippen LogP contribution in [0.5, 0.6) is 0 Å². The van der Waals surface area contributed by atoms with Crippen molar-refractivity contribution >= 4 is 51.8 Å². The summed E-state index contributed by atoms with van der Waals surface area (Å²) < 4.78 is 14.5. The second kappa shape index (κ2) is 11.7. The van der Waals surface area contributed by atoms with Crippen molar-refractivity contribution in [3.8, 4) is 0 Å². The van der Waals surface area contributed by atoms with Crippen molar-refractivity contribution in [3.05, 3.63) is 34.1 Å². The van der Waals surface area contributed by atoms with Gasteiger partial charge in [0.15, 0.2) is 5.96 Å². The normalized spacial score (nSPS) is 11.5. The summed E-state index contributed by atoms with van der Waals surface area (Å²) >= 11 is 3.25. The highest BCUT2D eigenvalue weighted by Crippen LogP contribution is 2.16. The lowest BCUT2D eigenvalue weighted by Crippen LogP contribution is -2.47. The van der Waals surface area contributed by atoms with Crippen molar-refractivity contribution < 1.29 is 9.18 Å². The van der Waals surface area contributed by atoms with Crippen molar-refractivity contribution in [1.29, 1.82) is 0 Å². The van der Waals surface area contributed by atoms with E-state index in [2.05, 4.69) is 36.9 Å². The Hall–Kier alpha value is -0.900. The first-order chi connectivity index (χ1) is 11.3. The fourth-order valence-corrected chi connectivity index (χ4v) is 2.49. The van der Waals surface area contributed by atoms with E-state index < -0.39 is 5.41 Å². The summed E-state index contributed by atoms with van der Waals surface area (Å²) in [6, 6.07) is 5.11. The zero-order valence-corrected chi connectivity index (χ0v) is 19.0. The van der Waals surface area contributed by atoms with Gasteiger partial charge in [-0.3, -0.25) is 9.79 Å². The van der Waals surface area contributed by atoms with Crippen LogP contribution >= 0.6 is 39.9 Å². The Balaban J connectivity index is 0.00000576. The number of rotatable bonds is 7. The van der Waals surface area contributed by atoms with Crippen LogP contribution < -0.4 is 16.0 Å². The zero-order chi connectivity index (χ0) is 18.2. The third-order valence-corrected chi connectivity index (χ3v) is 4.19. The zero-order valence-electron chi connectivity index (χ0n) is 15.1. The molecule has 1 amide bonds. The van der Waals surface area contributed by atoms with Crippen LogP contribution in [-0.2, 0) is 11.2 Å². The predicted molar refractivity (Wildman–Crippen MR) is 115 cm³/mol. The van der Waals surface area contributed by atoms with Crippen molar-refractivity contribution in [2.45, 2.75) is 26.7 Å². The SMILES string of the molecule is CN=C(NCCCc1ccc(Br)cc1F)NCC(C)(C)C(=O)NC.I. The van der Waals surface area contributed by atoms with Crippen molar-refractivity contribution in [2.75, 3.05) is 27.2 Å². The smallest absolute Gasteiger partial charge is 0.227 e. The molecule has 0 fully saturated rings. The lowest BCUT2D eigenvalue weighted by atomic mass is 9.92. The molecular weight excluding hydrogens is 502 g/mol. The van der Waals surface area contributed by atoms with Crippen LogP contribution in [0.3, 0.4) is 0 Å². The highest BCUT2D eigenvalue weighted by atomic mass is 127. The molecule has 8 heteroatoms. The molecular formula is C17H27BrFIN4O. The Labute approximate surface area is 174 Å². The van der Waals surface area contributed by atoms with Crippen LogP contribution in [0.25, 0.3) is 0 Å². The quantitative estimate of drug-likeness (QED) is 0.220. The number of nitrogens with zero attached hydrogens (tertiary/aromatic N) is 1. The average molecular weight is 529 g/mol.